The fourth-order valence-electron chi connectivity index (χ4n) is 1.78. The van der Waals surface area contributed by atoms with Crippen LogP contribution in [-0.2, 0) is 16.6 Å². The van der Waals surface area contributed by atoms with Crippen LogP contribution in [-0.4, -0.2) is 15.5 Å². The lowest BCUT2D eigenvalue weighted by Gasteiger charge is -2.10. The summed E-state index contributed by atoms with van der Waals surface area (Å²) < 4.78 is 28.3. The maximum atomic E-state index is 11.9. The lowest BCUT2D eigenvalue weighted by Crippen LogP contribution is -2.19. The molecule has 0 aliphatic carbocycles. The normalized spacial score (nSPS) is 11.6. The van der Waals surface area contributed by atoms with Gasteiger partial charge in [-0.1, -0.05) is 6.07 Å². The maximum absolute atomic E-state index is 11.9. The Labute approximate surface area is 145 Å². The van der Waals surface area contributed by atoms with E-state index in [1.54, 1.807) is 30.4 Å². The second kappa shape index (κ2) is 6.78. The largest absolute Gasteiger partial charge is 0.380 e. The van der Waals surface area contributed by atoms with E-state index in [9.17, 15) is 8.42 Å². The van der Waals surface area contributed by atoms with Crippen molar-refractivity contribution in [3.8, 4) is 0 Å². The first kappa shape index (κ1) is 17.0. The zero-order chi connectivity index (χ0) is 15.6. The molecule has 1 aromatic heterocycles. The maximum Gasteiger partial charge on any atom is 0.240 e. The van der Waals surface area contributed by atoms with Crippen LogP contribution in [0, 0.1) is 6.92 Å². The summed E-state index contributed by atoms with van der Waals surface area (Å²) in [7, 11) is -2.03. The molecule has 21 heavy (non-hydrogen) atoms. The van der Waals surface area contributed by atoms with Crippen LogP contribution in [0.3, 0.4) is 0 Å². The van der Waals surface area contributed by atoms with Crippen molar-refractivity contribution in [2.75, 3.05) is 12.4 Å². The summed E-state index contributed by atoms with van der Waals surface area (Å²) in [5.74, 6) is 0. The molecule has 0 unspecified atom stereocenters. The Hall–Kier alpha value is -0.410. The van der Waals surface area contributed by atoms with E-state index in [-0.39, 0.29) is 0 Å². The highest BCUT2D eigenvalue weighted by atomic mass is 79.9. The molecule has 0 fully saturated rings. The number of aryl methyl sites for hydroxylation is 1. The average Bonchev–Trinajstić information content (AvgIpc) is 2.76. The number of hydrogen-bond acceptors (Lipinski definition) is 4. The van der Waals surface area contributed by atoms with Gasteiger partial charge in [0.15, 0.2) is 0 Å². The zero-order valence-electron chi connectivity index (χ0n) is 11.4. The molecule has 2 rings (SSSR count). The van der Waals surface area contributed by atoms with Crippen LogP contribution < -0.4 is 10.0 Å². The number of hydrogen-bond donors (Lipinski definition) is 2. The summed E-state index contributed by atoms with van der Waals surface area (Å²) in [4.78, 5) is 1.44. The molecule has 0 saturated carbocycles. The summed E-state index contributed by atoms with van der Waals surface area (Å²) in [6.07, 6.45) is 0. The summed E-state index contributed by atoms with van der Waals surface area (Å²) >= 11 is 8.53. The Morgan fingerprint density at radius 3 is 2.52 bits per heavy atom. The topological polar surface area (TPSA) is 58.2 Å². The van der Waals surface area contributed by atoms with Crippen molar-refractivity contribution in [1.82, 2.24) is 4.72 Å². The van der Waals surface area contributed by atoms with E-state index in [1.807, 2.05) is 12.1 Å². The van der Waals surface area contributed by atoms with Crippen molar-refractivity contribution >= 4 is 58.9 Å². The fraction of sp³-hybridized carbons (Fsp3) is 0.231. The molecule has 4 nitrogen and oxygen atoms in total. The molecule has 2 aromatic rings. The molecular formula is C13H14Br2N2O2S2. The van der Waals surface area contributed by atoms with E-state index in [0.717, 1.165) is 24.4 Å². The number of thiophene rings is 1. The average molecular weight is 454 g/mol. The molecular weight excluding hydrogens is 440 g/mol. The highest BCUT2D eigenvalue weighted by Gasteiger charge is 2.15. The minimum absolute atomic E-state index is 0.295. The van der Waals surface area contributed by atoms with Crippen LogP contribution in [0.25, 0.3) is 0 Å². The quantitative estimate of drug-likeness (QED) is 0.716. The molecule has 0 radical (unpaired) electrons. The van der Waals surface area contributed by atoms with Gasteiger partial charge in [0, 0.05) is 21.6 Å². The standard InChI is InChI=1S/C13H14Br2N2O2S2/c1-8-3-4-9(5-12(8)21(18,19)16-2)17-7-10-6-11(14)13(15)20-10/h3-6,16-17H,7H2,1-2H3. The van der Waals surface area contributed by atoms with E-state index in [1.165, 1.54) is 7.05 Å². The zero-order valence-corrected chi connectivity index (χ0v) is 16.2. The molecule has 0 atom stereocenters. The van der Waals surface area contributed by atoms with Gasteiger partial charge in [0.1, 0.15) is 0 Å². The van der Waals surface area contributed by atoms with Crippen LogP contribution in [0.1, 0.15) is 10.4 Å². The van der Waals surface area contributed by atoms with Gasteiger partial charge in [-0.15, -0.1) is 11.3 Å². The van der Waals surface area contributed by atoms with Crippen molar-refractivity contribution in [2.45, 2.75) is 18.4 Å². The minimum Gasteiger partial charge on any atom is -0.380 e. The first-order valence-corrected chi connectivity index (χ1v) is 9.94. The molecule has 0 aliphatic rings. The molecule has 0 spiro atoms. The number of nitrogens with one attached hydrogen (secondary N) is 2. The third kappa shape index (κ3) is 4.07. The van der Waals surface area contributed by atoms with Crippen molar-refractivity contribution in [3.63, 3.8) is 0 Å². The second-order valence-electron chi connectivity index (χ2n) is 4.38. The summed E-state index contributed by atoms with van der Waals surface area (Å²) in [5, 5.41) is 3.24. The number of anilines is 1. The van der Waals surface area contributed by atoms with Crippen molar-refractivity contribution < 1.29 is 8.42 Å². The van der Waals surface area contributed by atoms with Gasteiger partial charge in [-0.25, -0.2) is 13.1 Å². The van der Waals surface area contributed by atoms with Gasteiger partial charge >= 0.3 is 0 Å². The summed E-state index contributed by atoms with van der Waals surface area (Å²) in [6.45, 7) is 2.42. The molecule has 0 saturated heterocycles. The van der Waals surface area contributed by atoms with Gasteiger partial charge in [0.05, 0.1) is 8.68 Å². The summed E-state index contributed by atoms with van der Waals surface area (Å²) in [6, 6.07) is 7.36. The van der Waals surface area contributed by atoms with Gasteiger partial charge in [0.25, 0.3) is 0 Å². The molecule has 0 bridgehead atoms. The van der Waals surface area contributed by atoms with E-state index >= 15 is 0 Å². The Morgan fingerprint density at radius 2 is 1.95 bits per heavy atom. The molecule has 114 valence electrons. The monoisotopic (exact) mass is 452 g/mol. The van der Waals surface area contributed by atoms with Gasteiger partial charge in [-0.05, 0) is 69.6 Å². The molecule has 0 aliphatic heterocycles. The van der Waals surface area contributed by atoms with Crippen molar-refractivity contribution in [3.05, 3.63) is 43.0 Å². The Bertz CT molecular complexity index is 738. The predicted octanol–water partition coefficient (Wildman–Crippen LogP) is 4.10. The highest BCUT2D eigenvalue weighted by molar-refractivity contribution is 9.13. The molecule has 8 heteroatoms. The molecule has 2 N–H and O–H groups in total. The number of halogens is 2. The molecule has 1 heterocycles. The lowest BCUT2D eigenvalue weighted by atomic mass is 10.2. The van der Waals surface area contributed by atoms with Gasteiger partial charge in [-0.2, -0.15) is 0 Å². The van der Waals surface area contributed by atoms with Crippen LogP contribution >= 0.6 is 43.2 Å². The van der Waals surface area contributed by atoms with Crippen LogP contribution in [0.4, 0.5) is 5.69 Å². The van der Waals surface area contributed by atoms with E-state index in [0.29, 0.717) is 11.4 Å². The predicted molar refractivity (Wildman–Crippen MR) is 94.5 cm³/mol. The van der Waals surface area contributed by atoms with Crippen LogP contribution in [0.5, 0.6) is 0 Å². The van der Waals surface area contributed by atoms with E-state index in [4.69, 9.17) is 0 Å². The fourth-order valence-corrected chi connectivity index (χ4v) is 4.89. The first-order chi connectivity index (χ1) is 9.83. The Kier molecular flexibility index (Phi) is 5.48. The Balaban J connectivity index is 2.20. The van der Waals surface area contributed by atoms with Crippen molar-refractivity contribution in [1.29, 1.82) is 0 Å². The summed E-state index contributed by atoms with van der Waals surface area (Å²) in [5.41, 5.74) is 1.49. The SMILES string of the molecule is CNS(=O)(=O)c1cc(NCc2cc(Br)c(Br)s2)ccc1C. The Morgan fingerprint density at radius 1 is 1.24 bits per heavy atom. The van der Waals surface area contributed by atoms with Crippen LogP contribution in [0.2, 0.25) is 0 Å². The van der Waals surface area contributed by atoms with E-state index < -0.39 is 10.0 Å². The first-order valence-electron chi connectivity index (χ1n) is 6.05. The third-order valence-electron chi connectivity index (χ3n) is 2.91. The highest BCUT2D eigenvalue weighted by Crippen LogP contribution is 2.32. The van der Waals surface area contributed by atoms with Crippen LogP contribution in [0.15, 0.2) is 37.4 Å². The number of benzene rings is 1. The molecule has 1 aromatic carbocycles. The second-order valence-corrected chi connectivity index (χ2v) is 9.54. The van der Waals surface area contributed by atoms with E-state index in [2.05, 4.69) is 41.9 Å². The number of sulfonamides is 1. The van der Waals surface area contributed by atoms with Gasteiger partial charge in [-0.3, -0.25) is 0 Å². The van der Waals surface area contributed by atoms with Gasteiger partial charge in [0.2, 0.25) is 10.0 Å². The van der Waals surface area contributed by atoms with Crippen molar-refractivity contribution in [2.24, 2.45) is 0 Å². The molecule has 0 amide bonds. The number of rotatable bonds is 5. The minimum atomic E-state index is -3.44. The smallest absolute Gasteiger partial charge is 0.240 e. The lowest BCUT2D eigenvalue weighted by molar-refractivity contribution is 0.587. The third-order valence-corrected chi connectivity index (χ3v) is 7.72. The van der Waals surface area contributed by atoms with Gasteiger partial charge < -0.3 is 5.32 Å².